The van der Waals surface area contributed by atoms with Crippen molar-refractivity contribution in [2.24, 2.45) is 0 Å². The summed E-state index contributed by atoms with van der Waals surface area (Å²) in [5.74, 6) is -0.203. The predicted octanol–water partition coefficient (Wildman–Crippen LogP) is 3.90. The zero-order valence-corrected chi connectivity index (χ0v) is 11.9. The second-order valence-electron chi connectivity index (χ2n) is 3.34. The predicted molar refractivity (Wildman–Crippen MR) is 71.8 cm³/mol. The monoisotopic (exact) mass is 323 g/mol. The molecule has 1 aromatic rings. The van der Waals surface area contributed by atoms with Gasteiger partial charge in [-0.3, -0.25) is 4.79 Å². The van der Waals surface area contributed by atoms with E-state index in [0.717, 1.165) is 6.42 Å². The molecule has 0 aromatic heterocycles. The van der Waals surface area contributed by atoms with Crippen molar-refractivity contribution in [3.63, 3.8) is 0 Å². The van der Waals surface area contributed by atoms with E-state index in [1.807, 2.05) is 6.92 Å². The SMILES string of the molecule is CCC(Br)CNC(=O)c1cc(Cl)ccc1Cl. The summed E-state index contributed by atoms with van der Waals surface area (Å²) in [6, 6.07) is 4.83. The van der Waals surface area contributed by atoms with Crippen LogP contribution in [0.1, 0.15) is 23.7 Å². The highest BCUT2D eigenvalue weighted by Gasteiger charge is 2.11. The van der Waals surface area contributed by atoms with E-state index in [1.54, 1.807) is 18.2 Å². The lowest BCUT2D eigenvalue weighted by molar-refractivity contribution is 0.0954. The molecule has 5 heteroatoms. The average Bonchev–Trinajstić information content (AvgIpc) is 2.28. The van der Waals surface area contributed by atoms with Gasteiger partial charge in [-0.1, -0.05) is 46.1 Å². The van der Waals surface area contributed by atoms with Crippen LogP contribution in [0.3, 0.4) is 0 Å². The molecule has 16 heavy (non-hydrogen) atoms. The summed E-state index contributed by atoms with van der Waals surface area (Å²) in [5, 5.41) is 3.70. The molecule has 0 aliphatic rings. The van der Waals surface area contributed by atoms with Crippen molar-refractivity contribution in [1.29, 1.82) is 0 Å². The van der Waals surface area contributed by atoms with E-state index in [1.165, 1.54) is 0 Å². The van der Waals surface area contributed by atoms with Gasteiger partial charge in [0.1, 0.15) is 0 Å². The molecule has 0 heterocycles. The summed E-state index contributed by atoms with van der Waals surface area (Å²) in [4.78, 5) is 12.0. The maximum Gasteiger partial charge on any atom is 0.252 e. The molecule has 1 rings (SSSR count). The fourth-order valence-corrected chi connectivity index (χ4v) is 1.65. The van der Waals surface area contributed by atoms with Gasteiger partial charge in [0.05, 0.1) is 10.6 Å². The Bertz CT molecular complexity index is 384. The van der Waals surface area contributed by atoms with Crippen LogP contribution < -0.4 is 5.32 Å². The number of nitrogens with one attached hydrogen (secondary N) is 1. The summed E-state index contributed by atoms with van der Waals surface area (Å²) in [6.45, 7) is 2.61. The highest BCUT2D eigenvalue weighted by Crippen LogP contribution is 2.20. The van der Waals surface area contributed by atoms with Crippen LogP contribution in [0.15, 0.2) is 18.2 Å². The fraction of sp³-hybridized carbons (Fsp3) is 0.364. The van der Waals surface area contributed by atoms with Crippen molar-refractivity contribution in [2.45, 2.75) is 18.2 Å². The van der Waals surface area contributed by atoms with Gasteiger partial charge in [-0.25, -0.2) is 0 Å². The first kappa shape index (κ1) is 13.8. The Morgan fingerprint density at radius 1 is 1.50 bits per heavy atom. The Kier molecular flexibility index (Phi) is 5.59. The van der Waals surface area contributed by atoms with E-state index >= 15 is 0 Å². The third-order valence-corrected chi connectivity index (χ3v) is 3.64. The van der Waals surface area contributed by atoms with Crippen molar-refractivity contribution < 1.29 is 4.79 Å². The Labute approximate surface area is 113 Å². The van der Waals surface area contributed by atoms with Crippen molar-refractivity contribution in [3.05, 3.63) is 33.8 Å². The smallest absolute Gasteiger partial charge is 0.252 e. The first-order chi connectivity index (χ1) is 7.54. The lowest BCUT2D eigenvalue weighted by Crippen LogP contribution is -2.29. The van der Waals surface area contributed by atoms with Gasteiger partial charge in [0.15, 0.2) is 0 Å². The van der Waals surface area contributed by atoms with Gasteiger partial charge in [-0.2, -0.15) is 0 Å². The van der Waals surface area contributed by atoms with E-state index in [0.29, 0.717) is 22.2 Å². The van der Waals surface area contributed by atoms with E-state index in [9.17, 15) is 4.79 Å². The van der Waals surface area contributed by atoms with Crippen LogP contribution in [0.5, 0.6) is 0 Å². The van der Waals surface area contributed by atoms with Crippen LogP contribution in [-0.4, -0.2) is 17.3 Å². The summed E-state index contributed by atoms with van der Waals surface area (Å²) >= 11 is 15.1. The molecular weight excluding hydrogens is 313 g/mol. The Morgan fingerprint density at radius 2 is 2.19 bits per heavy atom. The normalized spacial score (nSPS) is 12.2. The molecule has 0 aliphatic carbocycles. The van der Waals surface area contributed by atoms with E-state index < -0.39 is 0 Å². The van der Waals surface area contributed by atoms with Crippen LogP contribution in [0.2, 0.25) is 10.0 Å². The van der Waals surface area contributed by atoms with Gasteiger partial charge in [0.25, 0.3) is 5.91 Å². The van der Waals surface area contributed by atoms with Gasteiger partial charge in [-0.15, -0.1) is 0 Å². The van der Waals surface area contributed by atoms with Crippen LogP contribution >= 0.6 is 39.1 Å². The second kappa shape index (κ2) is 6.48. The van der Waals surface area contributed by atoms with E-state index in [-0.39, 0.29) is 10.7 Å². The summed E-state index contributed by atoms with van der Waals surface area (Å²) in [5.41, 5.74) is 0.407. The maximum atomic E-state index is 11.8. The lowest BCUT2D eigenvalue weighted by Gasteiger charge is -2.10. The molecule has 0 saturated heterocycles. The molecular formula is C11H12BrCl2NO. The molecule has 0 spiro atoms. The maximum absolute atomic E-state index is 11.8. The van der Waals surface area contributed by atoms with Crippen LogP contribution in [-0.2, 0) is 0 Å². The van der Waals surface area contributed by atoms with Crippen molar-refractivity contribution in [2.75, 3.05) is 6.54 Å². The number of alkyl halides is 1. The highest BCUT2D eigenvalue weighted by atomic mass is 79.9. The molecule has 0 bridgehead atoms. The molecule has 88 valence electrons. The van der Waals surface area contributed by atoms with Crippen LogP contribution in [0.4, 0.5) is 0 Å². The van der Waals surface area contributed by atoms with Gasteiger partial charge in [0.2, 0.25) is 0 Å². The lowest BCUT2D eigenvalue weighted by atomic mass is 10.2. The number of carbonyl (C=O) groups is 1. The molecule has 1 N–H and O–H groups in total. The molecule has 0 saturated carbocycles. The van der Waals surface area contributed by atoms with E-state index in [2.05, 4.69) is 21.2 Å². The number of amides is 1. The molecule has 0 aliphatic heterocycles. The van der Waals surface area contributed by atoms with Crippen LogP contribution in [0.25, 0.3) is 0 Å². The third-order valence-electron chi connectivity index (χ3n) is 2.10. The number of hydrogen-bond donors (Lipinski definition) is 1. The molecule has 0 radical (unpaired) electrons. The summed E-state index contributed by atoms with van der Waals surface area (Å²) in [6.07, 6.45) is 0.948. The fourth-order valence-electron chi connectivity index (χ4n) is 1.11. The standard InChI is InChI=1S/C11H12BrCl2NO/c1-2-7(12)6-15-11(16)9-5-8(13)3-4-10(9)14/h3-5,7H,2,6H2,1H3,(H,15,16). The minimum Gasteiger partial charge on any atom is -0.351 e. The molecule has 1 atom stereocenters. The van der Waals surface area contributed by atoms with Crippen molar-refractivity contribution >= 4 is 45.0 Å². The van der Waals surface area contributed by atoms with Gasteiger partial charge in [0, 0.05) is 16.4 Å². The first-order valence-corrected chi connectivity index (χ1v) is 6.59. The second-order valence-corrected chi connectivity index (χ2v) is 5.48. The topological polar surface area (TPSA) is 29.1 Å². The molecule has 2 nitrogen and oxygen atoms in total. The quantitative estimate of drug-likeness (QED) is 0.836. The van der Waals surface area contributed by atoms with Gasteiger partial charge < -0.3 is 5.32 Å². The number of carbonyl (C=O) groups excluding carboxylic acids is 1. The third kappa shape index (κ3) is 3.96. The van der Waals surface area contributed by atoms with Gasteiger partial charge in [-0.05, 0) is 24.6 Å². The van der Waals surface area contributed by atoms with E-state index in [4.69, 9.17) is 23.2 Å². The number of rotatable bonds is 4. The molecule has 0 fully saturated rings. The average molecular weight is 325 g/mol. The molecule has 1 amide bonds. The molecule has 1 aromatic carbocycles. The summed E-state index contributed by atoms with van der Waals surface area (Å²) < 4.78 is 0. The number of halogens is 3. The number of hydrogen-bond acceptors (Lipinski definition) is 1. The largest absolute Gasteiger partial charge is 0.351 e. The Morgan fingerprint density at radius 3 is 2.81 bits per heavy atom. The molecule has 1 unspecified atom stereocenters. The highest BCUT2D eigenvalue weighted by molar-refractivity contribution is 9.09. The zero-order chi connectivity index (χ0) is 12.1. The first-order valence-electron chi connectivity index (χ1n) is 4.92. The zero-order valence-electron chi connectivity index (χ0n) is 8.77. The summed E-state index contributed by atoms with van der Waals surface area (Å²) in [7, 11) is 0. The number of benzene rings is 1. The minimum atomic E-state index is -0.203. The van der Waals surface area contributed by atoms with Crippen molar-refractivity contribution in [1.82, 2.24) is 5.32 Å². The van der Waals surface area contributed by atoms with Gasteiger partial charge >= 0.3 is 0 Å². The van der Waals surface area contributed by atoms with Crippen molar-refractivity contribution in [3.8, 4) is 0 Å². The minimum absolute atomic E-state index is 0.203. The Balaban J connectivity index is 2.69. The van der Waals surface area contributed by atoms with Crippen LogP contribution in [0, 0.1) is 0 Å². The Hall–Kier alpha value is -0.250.